The van der Waals surface area contributed by atoms with Gasteiger partial charge in [-0.3, -0.25) is 0 Å². The van der Waals surface area contributed by atoms with Crippen molar-refractivity contribution in [3.8, 4) is 0 Å². The van der Waals surface area contributed by atoms with E-state index in [0.717, 1.165) is 6.54 Å². The Morgan fingerprint density at radius 2 is 2.16 bits per heavy atom. The molecule has 1 aliphatic rings. The Kier molecular flexibility index (Phi) is 5.17. The van der Waals surface area contributed by atoms with E-state index < -0.39 is 0 Å². The zero-order chi connectivity index (χ0) is 13.7. The Balaban J connectivity index is 1.93. The van der Waals surface area contributed by atoms with Crippen molar-refractivity contribution in [3.63, 3.8) is 0 Å². The average Bonchev–Trinajstić information content (AvgIpc) is 2.92. The van der Waals surface area contributed by atoms with Crippen LogP contribution >= 0.6 is 0 Å². The van der Waals surface area contributed by atoms with Gasteiger partial charge in [-0.05, 0) is 62.8 Å². The monoisotopic (exact) mass is 258 g/mol. The zero-order valence-corrected chi connectivity index (χ0v) is 12.2. The van der Waals surface area contributed by atoms with Crippen molar-refractivity contribution in [2.45, 2.75) is 45.6 Å². The summed E-state index contributed by atoms with van der Waals surface area (Å²) in [5.74, 6) is 0. The van der Waals surface area contributed by atoms with Crippen LogP contribution in [0.25, 0.3) is 0 Å². The van der Waals surface area contributed by atoms with Gasteiger partial charge in [0.1, 0.15) is 0 Å². The summed E-state index contributed by atoms with van der Waals surface area (Å²) in [4.78, 5) is 0. The Morgan fingerprint density at radius 1 is 1.32 bits per heavy atom. The third kappa shape index (κ3) is 3.68. The van der Waals surface area contributed by atoms with E-state index in [1.807, 2.05) is 0 Å². The Hall–Kier alpha value is -1.12. The van der Waals surface area contributed by atoms with E-state index in [1.54, 1.807) is 5.57 Å². The van der Waals surface area contributed by atoms with Crippen LogP contribution in [0.15, 0.2) is 29.8 Å². The average molecular weight is 258 g/mol. The predicted octanol–water partition coefficient (Wildman–Crippen LogP) is 3.39. The molecule has 2 rings (SSSR count). The highest BCUT2D eigenvalue weighted by atomic mass is 14.9. The molecule has 0 saturated heterocycles. The molecule has 0 aromatic heterocycles. The molecule has 0 aliphatic heterocycles. The number of hydrogen-bond acceptors (Lipinski definition) is 2. The smallest absolute Gasteiger partial charge is 0.0447 e. The number of allylic oxidation sites excluding steroid dienone is 1. The first-order valence-electron chi connectivity index (χ1n) is 7.40. The van der Waals surface area contributed by atoms with Gasteiger partial charge in [0.2, 0.25) is 0 Å². The van der Waals surface area contributed by atoms with Crippen molar-refractivity contribution in [2.75, 3.05) is 13.1 Å². The van der Waals surface area contributed by atoms with Crippen LogP contribution in [0.3, 0.4) is 0 Å². The minimum Gasteiger partial charge on any atom is -0.329 e. The molecule has 2 nitrogen and oxygen atoms in total. The molecule has 1 aromatic rings. The molecule has 104 valence electrons. The minimum absolute atomic E-state index is 0.280. The van der Waals surface area contributed by atoms with Crippen LogP contribution in [-0.4, -0.2) is 13.1 Å². The second kappa shape index (κ2) is 6.88. The van der Waals surface area contributed by atoms with Crippen molar-refractivity contribution in [3.05, 3.63) is 46.5 Å². The molecule has 0 bridgehead atoms. The van der Waals surface area contributed by atoms with Crippen LogP contribution in [0.2, 0.25) is 0 Å². The fourth-order valence-electron chi connectivity index (χ4n) is 2.84. The molecule has 1 unspecified atom stereocenters. The molecular formula is C17H26N2. The number of benzene rings is 1. The molecule has 1 aromatic carbocycles. The standard InChI is InChI=1S/C17H26N2/c1-13-6-5-9-16(14(13)2)17(12-18)19-11-10-15-7-3-4-8-15/h5-7,9,17,19H,3-4,8,10-12,18H2,1-2H3. The molecule has 0 saturated carbocycles. The van der Waals surface area contributed by atoms with E-state index in [9.17, 15) is 0 Å². The first-order valence-corrected chi connectivity index (χ1v) is 7.40. The molecule has 0 fully saturated rings. The molecule has 0 amide bonds. The van der Waals surface area contributed by atoms with Gasteiger partial charge in [-0.1, -0.05) is 29.8 Å². The van der Waals surface area contributed by atoms with Crippen molar-refractivity contribution in [1.82, 2.24) is 5.32 Å². The fraction of sp³-hybridized carbons (Fsp3) is 0.529. The zero-order valence-electron chi connectivity index (χ0n) is 12.2. The van der Waals surface area contributed by atoms with Crippen LogP contribution in [0.1, 0.15) is 48.4 Å². The third-order valence-corrected chi connectivity index (χ3v) is 4.23. The van der Waals surface area contributed by atoms with Gasteiger partial charge >= 0.3 is 0 Å². The summed E-state index contributed by atoms with van der Waals surface area (Å²) in [5.41, 5.74) is 11.6. The van der Waals surface area contributed by atoms with E-state index in [4.69, 9.17) is 5.73 Å². The van der Waals surface area contributed by atoms with E-state index in [0.29, 0.717) is 6.54 Å². The third-order valence-electron chi connectivity index (χ3n) is 4.23. The maximum absolute atomic E-state index is 5.94. The molecule has 0 heterocycles. The second-order valence-electron chi connectivity index (χ2n) is 5.54. The minimum atomic E-state index is 0.280. The van der Waals surface area contributed by atoms with Crippen LogP contribution in [0, 0.1) is 13.8 Å². The van der Waals surface area contributed by atoms with Gasteiger partial charge in [0.05, 0.1) is 0 Å². The molecular weight excluding hydrogens is 232 g/mol. The topological polar surface area (TPSA) is 38.0 Å². The molecule has 19 heavy (non-hydrogen) atoms. The molecule has 0 spiro atoms. The van der Waals surface area contributed by atoms with Crippen LogP contribution in [0.4, 0.5) is 0 Å². The summed E-state index contributed by atoms with van der Waals surface area (Å²) in [6.45, 7) is 6.04. The summed E-state index contributed by atoms with van der Waals surface area (Å²) in [5, 5.41) is 3.61. The van der Waals surface area contributed by atoms with Crippen LogP contribution < -0.4 is 11.1 Å². The van der Waals surface area contributed by atoms with Gasteiger partial charge in [-0.25, -0.2) is 0 Å². The van der Waals surface area contributed by atoms with Gasteiger partial charge in [-0.15, -0.1) is 0 Å². The first kappa shape index (κ1) is 14.3. The van der Waals surface area contributed by atoms with Crippen molar-refractivity contribution in [2.24, 2.45) is 5.73 Å². The van der Waals surface area contributed by atoms with Crippen molar-refractivity contribution < 1.29 is 0 Å². The largest absolute Gasteiger partial charge is 0.329 e. The lowest BCUT2D eigenvalue weighted by Crippen LogP contribution is -2.29. The normalized spacial score (nSPS) is 16.5. The van der Waals surface area contributed by atoms with Gasteiger partial charge in [-0.2, -0.15) is 0 Å². The highest BCUT2D eigenvalue weighted by molar-refractivity contribution is 5.35. The quantitative estimate of drug-likeness (QED) is 0.768. The summed E-state index contributed by atoms with van der Waals surface area (Å²) < 4.78 is 0. The highest BCUT2D eigenvalue weighted by Gasteiger charge is 2.13. The van der Waals surface area contributed by atoms with E-state index in [2.05, 4.69) is 43.4 Å². The highest BCUT2D eigenvalue weighted by Crippen LogP contribution is 2.22. The molecule has 3 N–H and O–H groups in total. The SMILES string of the molecule is Cc1cccc(C(CN)NCCC2=CCCC2)c1C. The first-order chi connectivity index (χ1) is 9.22. The van der Waals surface area contributed by atoms with E-state index in [-0.39, 0.29) is 6.04 Å². The van der Waals surface area contributed by atoms with Gasteiger partial charge in [0.15, 0.2) is 0 Å². The van der Waals surface area contributed by atoms with Crippen LogP contribution in [-0.2, 0) is 0 Å². The predicted molar refractivity (Wildman–Crippen MR) is 82.3 cm³/mol. The molecule has 1 atom stereocenters. The second-order valence-corrected chi connectivity index (χ2v) is 5.54. The van der Waals surface area contributed by atoms with Crippen molar-refractivity contribution in [1.29, 1.82) is 0 Å². The van der Waals surface area contributed by atoms with Crippen LogP contribution in [0.5, 0.6) is 0 Å². The Labute approximate surface area is 117 Å². The summed E-state index contributed by atoms with van der Waals surface area (Å²) in [6, 6.07) is 6.76. The summed E-state index contributed by atoms with van der Waals surface area (Å²) >= 11 is 0. The summed E-state index contributed by atoms with van der Waals surface area (Å²) in [6.07, 6.45) is 7.47. The van der Waals surface area contributed by atoms with Gasteiger partial charge in [0.25, 0.3) is 0 Å². The molecule has 2 heteroatoms. The lowest BCUT2D eigenvalue weighted by atomic mass is 9.97. The maximum atomic E-state index is 5.94. The van der Waals surface area contributed by atoms with Gasteiger partial charge in [0, 0.05) is 12.6 Å². The van der Waals surface area contributed by atoms with E-state index in [1.165, 1.54) is 42.4 Å². The molecule has 0 radical (unpaired) electrons. The molecule has 1 aliphatic carbocycles. The summed E-state index contributed by atoms with van der Waals surface area (Å²) in [7, 11) is 0. The van der Waals surface area contributed by atoms with E-state index >= 15 is 0 Å². The fourth-order valence-corrected chi connectivity index (χ4v) is 2.84. The van der Waals surface area contributed by atoms with Crippen molar-refractivity contribution >= 4 is 0 Å². The van der Waals surface area contributed by atoms with Gasteiger partial charge < -0.3 is 11.1 Å². The Morgan fingerprint density at radius 3 is 2.84 bits per heavy atom. The number of aryl methyl sites for hydroxylation is 1. The number of hydrogen-bond donors (Lipinski definition) is 2. The lowest BCUT2D eigenvalue weighted by Gasteiger charge is -2.20. The Bertz CT molecular complexity index is 449. The number of nitrogens with two attached hydrogens (primary N) is 1. The number of nitrogens with one attached hydrogen (secondary N) is 1. The maximum Gasteiger partial charge on any atom is 0.0447 e. The number of rotatable bonds is 6. The lowest BCUT2D eigenvalue weighted by molar-refractivity contribution is 0.539.